The molecule has 0 fully saturated rings. The highest BCUT2D eigenvalue weighted by Gasteiger charge is 2.18. The predicted molar refractivity (Wildman–Crippen MR) is 79.6 cm³/mol. The average molecular weight is 296 g/mol. The van der Waals surface area contributed by atoms with E-state index >= 15 is 0 Å². The van der Waals surface area contributed by atoms with E-state index in [1.165, 1.54) is 6.07 Å². The molecule has 0 spiro atoms. The second-order valence-electron chi connectivity index (χ2n) is 4.67. The predicted octanol–water partition coefficient (Wildman–Crippen LogP) is 4.53. The van der Waals surface area contributed by atoms with E-state index < -0.39 is 0 Å². The fourth-order valence-electron chi connectivity index (χ4n) is 2.22. The lowest BCUT2D eigenvalue weighted by Gasteiger charge is -2.17. The van der Waals surface area contributed by atoms with Crippen LogP contribution >= 0.6 is 11.6 Å². The van der Waals surface area contributed by atoms with Gasteiger partial charge in [0.2, 0.25) is 0 Å². The lowest BCUT2D eigenvalue weighted by molar-refractivity contribution is 0.394. The van der Waals surface area contributed by atoms with Gasteiger partial charge in [-0.15, -0.1) is 0 Å². The first-order chi connectivity index (χ1) is 9.65. The standard InChI is InChI=1S/C16H19ClFNO/c1-3-11-8-9-16(20-11)15(19-4-2)10-12-13(17)6-5-7-14(12)18/h5-9,15,19H,3-4,10H2,1-2H3. The molecule has 1 unspecified atom stereocenters. The van der Waals surface area contributed by atoms with Gasteiger partial charge in [0.05, 0.1) is 6.04 Å². The Kier molecular flexibility index (Phi) is 5.21. The van der Waals surface area contributed by atoms with Gasteiger partial charge in [0, 0.05) is 17.0 Å². The summed E-state index contributed by atoms with van der Waals surface area (Å²) in [5.41, 5.74) is 0.523. The van der Waals surface area contributed by atoms with Crippen LogP contribution in [0.1, 0.15) is 37.0 Å². The van der Waals surface area contributed by atoms with Gasteiger partial charge in [-0.2, -0.15) is 0 Å². The molecule has 0 saturated heterocycles. The third kappa shape index (κ3) is 3.41. The van der Waals surface area contributed by atoms with E-state index in [0.29, 0.717) is 17.0 Å². The number of furan rings is 1. The first kappa shape index (κ1) is 15.1. The Morgan fingerprint density at radius 1 is 1.25 bits per heavy atom. The Bertz CT molecular complexity index is 547. The zero-order valence-corrected chi connectivity index (χ0v) is 12.5. The van der Waals surface area contributed by atoms with Crippen LogP contribution in [0.5, 0.6) is 0 Å². The fourth-order valence-corrected chi connectivity index (χ4v) is 2.46. The molecule has 0 aliphatic rings. The van der Waals surface area contributed by atoms with Gasteiger partial charge >= 0.3 is 0 Å². The van der Waals surface area contributed by atoms with Crippen molar-refractivity contribution in [3.63, 3.8) is 0 Å². The summed E-state index contributed by atoms with van der Waals surface area (Å²) in [7, 11) is 0. The number of benzene rings is 1. The summed E-state index contributed by atoms with van der Waals surface area (Å²) in [5.74, 6) is 1.48. The Hall–Kier alpha value is -1.32. The van der Waals surface area contributed by atoms with Gasteiger partial charge in [0.25, 0.3) is 0 Å². The first-order valence-electron chi connectivity index (χ1n) is 6.90. The Balaban J connectivity index is 2.25. The lowest BCUT2D eigenvalue weighted by atomic mass is 10.0. The van der Waals surface area contributed by atoms with Gasteiger partial charge in [-0.05, 0) is 37.2 Å². The van der Waals surface area contributed by atoms with E-state index in [9.17, 15) is 4.39 Å². The van der Waals surface area contributed by atoms with Crippen LogP contribution in [0.15, 0.2) is 34.7 Å². The minimum Gasteiger partial charge on any atom is -0.464 e. The van der Waals surface area contributed by atoms with Crippen molar-refractivity contribution in [2.45, 2.75) is 32.7 Å². The summed E-state index contributed by atoms with van der Waals surface area (Å²) < 4.78 is 19.7. The van der Waals surface area contributed by atoms with Crippen molar-refractivity contribution in [3.8, 4) is 0 Å². The van der Waals surface area contributed by atoms with Crippen molar-refractivity contribution >= 4 is 11.6 Å². The largest absolute Gasteiger partial charge is 0.464 e. The summed E-state index contributed by atoms with van der Waals surface area (Å²) >= 11 is 6.10. The lowest BCUT2D eigenvalue weighted by Crippen LogP contribution is -2.23. The highest BCUT2D eigenvalue weighted by molar-refractivity contribution is 6.31. The first-order valence-corrected chi connectivity index (χ1v) is 7.28. The molecule has 0 radical (unpaired) electrons. The van der Waals surface area contributed by atoms with Gasteiger partial charge in [-0.1, -0.05) is 31.5 Å². The number of nitrogens with one attached hydrogen (secondary N) is 1. The molecule has 0 bridgehead atoms. The summed E-state index contributed by atoms with van der Waals surface area (Å²) in [6.45, 7) is 4.83. The van der Waals surface area contributed by atoms with Gasteiger partial charge < -0.3 is 9.73 Å². The monoisotopic (exact) mass is 295 g/mol. The Morgan fingerprint density at radius 3 is 2.65 bits per heavy atom. The summed E-state index contributed by atoms with van der Waals surface area (Å²) in [4.78, 5) is 0. The highest BCUT2D eigenvalue weighted by atomic mass is 35.5. The van der Waals surface area contributed by atoms with E-state index in [4.69, 9.17) is 16.0 Å². The van der Waals surface area contributed by atoms with E-state index in [-0.39, 0.29) is 11.9 Å². The summed E-state index contributed by atoms with van der Waals surface area (Å²) in [5, 5.41) is 3.77. The molecule has 20 heavy (non-hydrogen) atoms. The van der Waals surface area contributed by atoms with Gasteiger partial charge in [0.15, 0.2) is 0 Å². The molecule has 0 aliphatic carbocycles. The minimum atomic E-state index is -0.275. The zero-order valence-electron chi connectivity index (χ0n) is 11.7. The van der Waals surface area contributed by atoms with Crippen LogP contribution in [-0.4, -0.2) is 6.54 Å². The molecule has 1 N–H and O–H groups in total. The fraction of sp³-hybridized carbons (Fsp3) is 0.375. The quantitative estimate of drug-likeness (QED) is 0.847. The van der Waals surface area contributed by atoms with Crippen molar-refractivity contribution in [2.24, 2.45) is 0 Å². The van der Waals surface area contributed by atoms with E-state index in [2.05, 4.69) is 5.32 Å². The van der Waals surface area contributed by atoms with Crippen LogP contribution < -0.4 is 5.32 Å². The number of rotatable bonds is 6. The van der Waals surface area contributed by atoms with Crippen LogP contribution in [-0.2, 0) is 12.8 Å². The molecular formula is C16H19ClFNO. The highest BCUT2D eigenvalue weighted by Crippen LogP contribution is 2.27. The molecule has 1 aromatic carbocycles. The maximum Gasteiger partial charge on any atom is 0.127 e. The van der Waals surface area contributed by atoms with Crippen molar-refractivity contribution < 1.29 is 8.81 Å². The zero-order chi connectivity index (χ0) is 14.5. The normalized spacial score (nSPS) is 12.6. The van der Waals surface area contributed by atoms with Crippen molar-refractivity contribution in [3.05, 3.63) is 58.3 Å². The molecule has 2 rings (SSSR count). The molecule has 1 aromatic heterocycles. The summed E-state index contributed by atoms with van der Waals surface area (Å²) in [6, 6.07) is 8.59. The number of likely N-dealkylation sites (N-methyl/N-ethyl adjacent to an activating group) is 1. The minimum absolute atomic E-state index is 0.0744. The van der Waals surface area contributed by atoms with E-state index in [1.54, 1.807) is 12.1 Å². The van der Waals surface area contributed by atoms with Crippen molar-refractivity contribution in [1.82, 2.24) is 5.32 Å². The van der Waals surface area contributed by atoms with Crippen LogP contribution in [0.25, 0.3) is 0 Å². The molecule has 0 amide bonds. The second kappa shape index (κ2) is 6.91. The van der Waals surface area contributed by atoms with Crippen LogP contribution in [0.3, 0.4) is 0 Å². The topological polar surface area (TPSA) is 25.2 Å². The second-order valence-corrected chi connectivity index (χ2v) is 5.08. The molecule has 1 heterocycles. The van der Waals surface area contributed by atoms with Crippen molar-refractivity contribution in [2.75, 3.05) is 6.54 Å². The van der Waals surface area contributed by atoms with Gasteiger partial charge in [-0.25, -0.2) is 4.39 Å². The maximum atomic E-state index is 13.9. The number of halogens is 2. The van der Waals surface area contributed by atoms with Crippen LogP contribution in [0.4, 0.5) is 4.39 Å². The van der Waals surface area contributed by atoms with E-state index in [1.807, 2.05) is 26.0 Å². The average Bonchev–Trinajstić information content (AvgIpc) is 2.90. The number of aryl methyl sites for hydroxylation is 1. The Labute approximate surface area is 123 Å². The number of hydrogen-bond donors (Lipinski definition) is 1. The third-order valence-corrected chi connectivity index (χ3v) is 3.65. The van der Waals surface area contributed by atoms with Gasteiger partial charge in [0.1, 0.15) is 17.3 Å². The van der Waals surface area contributed by atoms with E-state index in [0.717, 1.165) is 24.5 Å². The van der Waals surface area contributed by atoms with Crippen molar-refractivity contribution in [1.29, 1.82) is 0 Å². The molecular weight excluding hydrogens is 277 g/mol. The van der Waals surface area contributed by atoms with Crippen LogP contribution in [0, 0.1) is 5.82 Å². The SMILES string of the molecule is CCNC(Cc1c(F)cccc1Cl)c1ccc(CC)o1. The van der Waals surface area contributed by atoms with Gasteiger partial charge in [-0.3, -0.25) is 0 Å². The smallest absolute Gasteiger partial charge is 0.127 e. The Morgan fingerprint density at radius 2 is 2.05 bits per heavy atom. The van der Waals surface area contributed by atoms with Crippen LogP contribution in [0.2, 0.25) is 5.02 Å². The molecule has 0 saturated carbocycles. The molecule has 1 atom stereocenters. The maximum absolute atomic E-state index is 13.9. The third-order valence-electron chi connectivity index (χ3n) is 3.29. The molecule has 108 valence electrons. The molecule has 2 aromatic rings. The summed E-state index contributed by atoms with van der Waals surface area (Å²) in [6.07, 6.45) is 1.31. The number of hydrogen-bond acceptors (Lipinski definition) is 2. The molecule has 0 aliphatic heterocycles. The molecule has 4 heteroatoms. The molecule has 2 nitrogen and oxygen atoms in total.